The summed E-state index contributed by atoms with van der Waals surface area (Å²) in [6, 6.07) is 0. The topological polar surface area (TPSA) is 82.1 Å². The number of alkyl halides is 5. The van der Waals surface area contributed by atoms with E-state index in [1.165, 1.54) is 6.92 Å². The molecule has 0 amide bonds. The van der Waals surface area contributed by atoms with E-state index in [9.17, 15) is 36.6 Å². The zero-order chi connectivity index (χ0) is 20.7. The lowest BCUT2D eigenvalue weighted by atomic mass is 9.89. The molecule has 1 rings (SSSR count). The molecular formula is C15H19F5O6. The summed E-state index contributed by atoms with van der Waals surface area (Å²) < 4.78 is 82.4. The van der Waals surface area contributed by atoms with E-state index in [0.29, 0.717) is 6.92 Å². The second-order valence-electron chi connectivity index (χ2n) is 6.40. The van der Waals surface area contributed by atoms with Gasteiger partial charge in [-0.1, -0.05) is 20.4 Å². The monoisotopic (exact) mass is 390 g/mol. The minimum Gasteiger partial charge on any atom is -0.459 e. The smallest absolute Gasteiger partial charge is 0.459 e. The number of hydrogen-bond donors (Lipinski definition) is 1. The molecule has 0 bridgehead atoms. The van der Waals surface area contributed by atoms with Crippen LogP contribution in [0, 0.1) is 5.92 Å². The summed E-state index contributed by atoms with van der Waals surface area (Å²) in [4.78, 5) is 22.9. The first-order valence-corrected chi connectivity index (χ1v) is 7.41. The van der Waals surface area contributed by atoms with E-state index in [2.05, 4.69) is 20.8 Å². The van der Waals surface area contributed by atoms with Crippen molar-refractivity contribution in [1.29, 1.82) is 0 Å². The molecule has 1 fully saturated rings. The number of aliphatic hydroxyl groups is 1. The molecule has 3 atom stereocenters. The second kappa shape index (κ2) is 6.76. The van der Waals surface area contributed by atoms with E-state index in [0.717, 1.165) is 13.8 Å². The van der Waals surface area contributed by atoms with Crippen molar-refractivity contribution < 1.29 is 50.9 Å². The number of carbonyl (C=O) groups excluding carboxylic acids is 2. The van der Waals surface area contributed by atoms with Crippen LogP contribution >= 0.6 is 0 Å². The van der Waals surface area contributed by atoms with Crippen LogP contribution in [0.4, 0.5) is 22.0 Å². The lowest BCUT2D eigenvalue weighted by Crippen LogP contribution is -2.65. The first-order chi connectivity index (χ1) is 11.5. The van der Waals surface area contributed by atoms with Crippen LogP contribution in [-0.4, -0.2) is 53.2 Å². The van der Waals surface area contributed by atoms with Gasteiger partial charge in [0, 0.05) is 5.57 Å². The minimum absolute atomic E-state index is 0.150. The molecule has 0 spiro atoms. The molecular weight excluding hydrogens is 371 g/mol. The van der Waals surface area contributed by atoms with Crippen LogP contribution < -0.4 is 0 Å². The summed E-state index contributed by atoms with van der Waals surface area (Å²) in [5.74, 6) is -13.7. The Morgan fingerprint density at radius 2 is 1.81 bits per heavy atom. The lowest BCUT2D eigenvalue weighted by Gasteiger charge is -2.37. The molecule has 0 radical (unpaired) electrons. The Morgan fingerprint density at radius 1 is 1.31 bits per heavy atom. The summed E-state index contributed by atoms with van der Waals surface area (Å²) in [5, 5.41) is 10.0. The zero-order valence-corrected chi connectivity index (χ0v) is 14.4. The summed E-state index contributed by atoms with van der Waals surface area (Å²) >= 11 is 0. The Bertz CT molecular complexity index is 598. The Kier molecular flexibility index (Phi) is 5.80. The van der Waals surface area contributed by atoms with Gasteiger partial charge >= 0.3 is 29.8 Å². The Labute approximate surface area is 145 Å². The van der Waals surface area contributed by atoms with Crippen molar-refractivity contribution in [3.63, 3.8) is 0 Å². The Hall–Kier alpha value is -1.75. The van der Waals surface area contributed by atoms with Crippen molar-refractivity contribution in [2.24, 2.45) is 5.92 Å². The molecule has 1 aliphatic heterocycles. The number of carbonyl (C=O) groups is 2. The van der Waals surface area contributed by atoms with Crippen molar-refractivity contribution in [2.75, 3.05) is 6.61 Å². The Morgan fingerprint density at radius 3 is 2.19 bits per heavy atom. The van der Waals surface area contributed by atoms with Crippen LogP contribution in [0.3, 0.4) is 0 Å². The first kappa shape index (κ1) is 22.3. The lowest BCUT2D eigenvalue weighted by molar-refractivity contribution is -0.413. The maximum atomic E-state index is 14.6. The number of halogens is 5. The highest BCUT2D eigenvalue weighted by molar-refractivity contribution is 5.86. The SMILES string of the molecule is C=C(C)C(=O)OCC1OC(OC(=O)C(C)C)(C(F)(F)F)C(F)(F)C1(C)O. The zero-order valence-electron chi connectivity index (χ0n) is 14.4. The molecule has 6 nitrogen and oxygen atoms in total. The van der Waals surface area contributed by atoms with Gasteiger partial charge in [-0.05, 0) is 13.8 Å². The highest BCUT2D eigenvalue weighted by Crippen LogP contribution is 2.58. The van der Waals surface area contributed by atoms with Crippen molar-refractivity contribution in [3.8, 4) is 0 Å². The molecule has 150 valence electrons. The molecule has 0 saturated carbocycles. The molecule has 0 aliphatic carbocycles. The van der Waals surface area contributed by atoms with Gasteiger partial charge in [-0.3, -0.25) is 4.79 Å². The van der Waals surface area contributed by atoms with E-state index < -0.39 is 54.1 Å². The highest BCUT2D eigenvalue weighted by atomic mass is 19.4. The molecule has 3 unspecified atom stereocenters. The summed E-state index contributed by atoms with van der Waals surface area (Å²) in [6.45, 7) is 5.91. The van der Waals surface area contributed by atoms with Gasteiger partial charge in [-0.15, -0.1) is 0 Å². The average Bonchev–Trinajstić information content (AvgIpc) is 2.61. The van der Waals surface area contributed by atoms with Crippen molar-refractivity contribution >= 4 is 11.9 Å². The quantitative estimate of drug-likeness (QED) is 0.441. The maximum Gasteiger partial charge on any atom is 0.462 e. The average molecular weight is 390 g/mol. The molecule has 0 aromatic carbocycles. The number of hydrogen-bond acceptors (Lipinski definition) is 6. The second-order valence-corrected chi connectivity index (χ2v) is 6.40. The number of ether oxygens (including phenoxy) is 3. The molecule has 1 N–H and O–H groups in total. The van der Waals surface area contributed by atoms with Crippen LogP contribution in [0.1, 0.15) is 27.7 Å². The fraction of sp³-hybridized carbons (Fsp3) is 0.733. The third-order valence-corrected chi connectivity index (χ3v) is 3.79. The van der Waals surface area contributed by atoms with E-state index in [4.69, 9.17) is 0 Å². The van der Waals surface area contributed by atoms with Gasteiger partial charge in [0.15, 0.2) is 5.60 Å². The Balaban J connectivity index is 3.32. The van der Waals surface area contributed by atoms with Crippen molar-refractivity contribution in [3.05, 3.63) is 12.2 Å². The molecule has 1 saturated heterocycles. The van der Waals surface area contributed by atoms with Gasteiger partial charge < -0.3 is 19.3 Å². The molecule has 0 aromatic rings. The normalized spacial score (nSPS) is 31.0. The fourth-order valence-corrected chi connectivity index (χ4v) is 2.05. The van der Waals surface area contributed by atoms with Gasteiger partial charge in [-0.2, -0.15) is 22.0 Å². The largest absolute Gasteiger partial charge is 0.462 e. The fourth-order valence-electron chi connectivity index (χ4n) is 2.05. The van der Waals surface area contributed by atoms with Crippen LogP contribution in [0.15, 0.2) is 12.2 Å². The minimum atomic E-state index is -5.89. The van der Waals surface area contributed by atoms with E-state index in [-0.39, 0.29) is 5.57 Å². The molecule has 26 heavy (non-hydrogen) atoms. The molecule has 1 heterocycles. The van der Waals surface area contributed by atoms with E-state index >= 15 is 0 Å². The van der Waals surface area contributed by atoms with Crippen LogP contribution in [-0.2, 0) is 23.8 Å². The molecule has 1 aliphatic rings. The highest BCUT2D eigenvalue weighted by Gasteiger charge is 2.86. The third kappa shape index (κ3) is 3.41. The third-order valence-electron chi connectivity index (χ3n) is 3.79. The van der Waals surface area contributed by atoms with E-state index in [1.54, 1.807) is 0 Å². The summed E-state index contributed by atoms with van der Waals surface area (Å²) in [6.07, 6.45) is -8.22. The maximum absolute atomic E-state index is 14.6. The summed E-state index contributed by atoms with van der Waals surface area (Å²) in [7, 11) is 0. The van der Waals surface area contributed by atoms with Gasteiger partial charge in [0.1, 0.15) is 12.7 Å². The number of rotatable bonds is 5. The van der Waals surface area contributed by atoms with Gasteiger partial charge in [0.2, 0.25) is 0 Å². The van der Waals surface area contributed by atoms with Crippen LogP contribution in [0.5, 0.6) is 0 Å². The predicted octanol–water partition coefficient (Wildman–Crippen LogP) is 2.35. The predicted molar refractivity (Wildman–Crippen MR) is 75.9 cm³/mol. The standard InChI is InChI=1S/C15H19F5O6/c1-7(2)10(21)24-6-9-12(5,23)13(16,17)14(25-9,15(18,19)20)26-11(22)8(3)4/h8-9,23H,1,6H2,2-5H3. The van der Waals surface area contributed by atoms with Gasteiger partial charge in [0.05, 0.1) is 5.92 Å². The molecule has 0 aromatic heterocycles. The number of esters is 2. The van der Waals surface area contributed by atoms with Crippen molar-refractivity contribution in [2.45, 2.75) is 57.3 Å². The summed E-state index contributed by atoms with van der Waals surface area (Å²) in [5.41, 5.74) is -3.61. The van der Waals surface area contributed by atoms with Crippen molar-refractivity contribution in [1.82, 2.24) is 0 Å². The van der Waals surface area contributed by atoms with Gasteiger partial charge in [-0.25, -0.2) is 4.79 Å². The van der Waals surface area contributed by atoms with Gasteiger partial charge in [0.25, 0.3) is 0 Å². The van der Waals surface area contributed by atoms with Crippen LogP contribution in [0.25, 0.3) is 0 Å². The van der Waals surface area contributed by atoms with E-state index in [1.807, 2.05) is 0 Å². The first-order valence-electron chi connectivity index (χ1n) is 7.41. The molecule has 11 heteroatoms. The van der Waals surface area contributed by atoms with Crippen LogP contribution in [0.2, 0.25) is 0 Å².